The Morgan fingerprint density at radius 1 is 1.19 bits per heavy atom. The molecule has 2 aromatic rings. The first kappa shape index (κ1) is 18.5. The monoisotopic (exact) mass is 369 g/mol. The molecule has 0 spiro atoms. The average Bonchev–Trinajstić information content (AvgIpc) is 3.10. The van der Waals surface area contributed by atoms with E-state index in [4.69, 9.17) is 0 Å². The van der Waals surface area contributed by atoms with E-state index < -0.39 is 29.7 Å². The van der Waals surface area contributed by atoms with Gasteiger partial charge in [0.2, 0.25) is 6.10 Å². The fraction of sp³-hybridized carbons (Fsp3) is 0.263. The number of aliphatic hydroxyl groups is 1. The van der Waals surface area contributed by atoms with Gasteiger partial charge in [0.25, 0.3) is 17.6 Å². The smallest absolute Gasteiger partial charge is 0.291 e. The van der Waals surface area contributed by atoms with Crippen molar-refractivity contribution in [3.63, 3.8) is 0 Å². The summed E-state index contributed by atoms with van der Waals surface area (Å²) in [5.74, 6) is -3.10. The number of aromatic nitrogens is 1. The van der Waals surface area contributed by atoms with Gasteiger partial charge >= 0.3 is 0 Å². The summed E-state index contributed by atoms with van der Waals surface area (Å²) in [6, 6.07) is 9.17. The molecular weight excluding hydrogens is 350 g/mol. The van der Waals surface area contributed by atoms with Gasteiger partial charge in [-0.25, -0.2) is 0 Å². The number of nitrogens with one attached hydrogen (secondary N) is 1. The van der Waals surface area contributed by atoms with E-state index in [-0.39, 0.29) is 18.8 Å². The molecule has 1 aromatic heterocycles. The number of pyridine rings is 1. The van der Waals surface area contributed by atoms with Crippen LogP contribution in [0.4, 0.5) is 0 Å². The number of ketones is 1. The summed E-state index contributed by atoms with van der Waals surface area (Å²) in [6.45, 7) is 2.03. The molecule has 2 amide bonds. The second-order valence-electron chi connectivity index (χ2n) is 6.36. The maximum Gasteiger partial charge on any atom is 0.291 e. The van der Waals surface area contributed by atoms with E-state index in [1.54, 1.807) is 31.3 Å². The van der Waals surface area contributed by atoms with Crippen molar-refractivity contribution in [1.29, 1.82) is 0 Å². The minimum Gasteiger partial charge on any atom is -0.508 e. The molecule has 1 aliphatic rings. The van der Waals surface area contributed by atoms with Crippen molar-refractivity contribution in [3.05, 3.63) is 59.4 Å². The molecule has 0 radical (unpaired) electrons. The van der Waals surface area contributed by atoms with Gasteiger partial charge in [-0.3, -0.25) is 19.4 Å². The van der Waals surface area contributed by atoms with E-state index in [0.29, 0.717) is 11.3 Å². The van der Waals surface area contributed by atoms with Gasteiger partial charge in [0.05, 0.1) is 18.3 Å². The number of amides is 2. The van der Waals surface area contributed by atoms with Crippen LogP contribution in [-0.2, 0) is 27.5 Å². The zero-order chi connectivity index (χ0) is 19.6. The standard InChI is InChI=1S/C19H19N3O5/c1-11(12-4-2-6-14(23)8-12)21-18(26)16(24)17(25)19(27)22-9-13-5-3-7-20-15(13)10-22/h2-8,11,17,23,25H,9-10H2,1H3,(H,21,26)/t11-,17-/m1/s1. The lowest BCUT2D eigenvalue weighted by molar-refractivity contribution is -0.153. The summed E-state index contributed by atoms with van der Waals surface area (Å²) >= 11 is 0. The van der Waals surface area contributed by atoms with E-state index in [9.17, 15) is 24.6 Å². The van der Waals surface area contributed by atoms with E-state index in [1.165, 1.54) is 17.0 Å². The highest BCUT2D eigenvalue weighted by atomic mass is 16.3. The Morgan fingerprint density at radius 2 is 1.96 bits per heavy atom. The number of fused-ring (bicyclic) bond motifs is 1. The van der Waals surface area contributed by atoms with Gasteiger partial charge in [-0.15, -0.1) is 0 Å². The van der Waals surface area contributed by atoms with Crippen LogP contribution in [0.1, 0.15) is 29.8 Å². The van der Waals surface area contributed by atoms with Crippen LogP contribution >= 0.6 is 0 Å². The molecule has 0 saturated carbocycles. The molecule has 0 unspecified atom stereocenters. The van der Waals surface area contributed by atoms with Crippen molar-refractivity contribution in [1.82, 2.24) is 15.2 Å². The van der Waals surface area contributed by atoms with Gasteiger partial charge in [0, 0.05) is 12.7 Å². The molecule has 0 aliphatic carbocycles. The molecule has 0 saturated heterocycles. The molecule has 8 nitrogen and oxygen atoms in total. The molecule has 2 atom stereocenters. The number of hydrogen-bond acceptors (Lipinski definition) is 6. The quantitative estimate of drug-likeness (QED) is 0.520. The first-order valence-electron chi connectivity index (χ1n) is 8.40. The third-order valence-corrected chi connectivity index (χ3v) is 4.42. The second kappa shape index (κ2) is 7.55. The van der Waals surface area contributed by atoms with Gasteiger partial charge in [-0.2, -0.15) is 0 Å². The zero-order valence-electron chi connectivity index (χ0n) is 14.6. The zero-order valence-corrected chi connectivity index (χ0v) is 14.6. The van der Waals surface area contributed by atoms with Crippen molar-refractivity contribution in [2.45, 2.75) is 32.2 Å². The maximum atomic E-state index is 12.4. The van der Waals surface area contributed by atoms with E-state index in [0.717, 1.165) is 5.56 Å². The lowest BCUT2D eigenvalue weighted by atomic mass is 10.1. The van der Waals surface area contributed by atoms with Crippen molar-refractivity contribution >= 4 is 17.6 Å². The Morgan fingerprint density at radius 3 is 2.67 bits per heavy atom. The van der Waals surface area contributed by atoms with Crippen molar-refractivity contribution in [2.24, 2.45) is 0 Å². The SMILES string of the molecule is C[C@@H](NC(=O)C(=O)[C@@H](O)C(=O)N1Cc2cccnc2C1)c1cccc(O)c1. The summed E-state index contributed by atoms with van der Waals surface area (Å²) in [5.41, 5.74) is 2.12. The van der Waals surface area contributed by atoms with Crippen LogP contribution in [0, 0.1) is 0 Å². The number of rotatable bonds is 5. The Balaban J connectivity index is 1.61. The number of phenolic OH excluding ortho intramolecular Hbond substituents is 1. The van der Waals surface area contributed by atoms with Crippen LogP contribution in [0.2, 0.25) is 0 Å². The Labute approximate surface area is 155 Å². The van der Waals surface area contributed by atoms with E-state index in [2.05, 4.69) is 10.3 Å². The fourth-order valence-corrected chi connectivity index (χ4v) is 2.91. The van der Waals surface area contributed by atoms with Gasteiger partial charge < -0.3 is 20.4 Å². The predicted octanol–water partition coefficient (Wildman–Crippen LogP) is 0.437. The molecule has 1 aromatic carbocycles. The largest absolute Gasteiger partial charge is 0.508 e. The number of aromatic hydroxyl groups is 1. The molecule has 3 rings (SSSR count). The second-order valence-corrected chi connectivity index (χ2v) is 6.36. The highest BCUT2D eigenvalue weighted by Gasteiger charge is 2.35. The first-order chi connectivity index (χ1) is 12.9. The molecule has 1 aliphatic heterocycles. The summed E-state index contributed by atoms with van der Waals surface area (Å²) < 4.78 is 0. The normalized spacial score (nSPS) is 15.0. The third-order valence-electron chi connectivity index (χ3n) is 4.42. The van der Waals surface area contributed by atoms with Crippen molar-refractivity contribution in [2.75, 3.05) is 0 Å². The average molecular weight is 369 g/mol. The molecule has 3 N–H and O–H groups in total. The highest BCUT2D eigenvalue weighted by Crippen LogP contribution is 2.21. The van der Waals surface area contributed by atoms with Crippen molar-refractivity contribution in [3.8, 4) is 5.75 Å². The van der Waals surface area contributed by atoms with Crippen LogP contribution in [-0.4, -0.2) is 43.8 Å². The van der Waals surface area contributed by atoms with Crippen LogP contribution in [0.5, 0.6) is 5.75 Å². The lowest BCUT2D eigenvalue weighted by Gasteiger charge is -2.19. The number of aliphatic hydroxyl groups excluding tert-OH is 1. The van der Waals surface area contributed by atoms with E-state index in [1.807, 2.05) is 6.07 Å². The number of benzene rings is 1. The Bertz CT molecular complexity index is 873. The summed E-state index contributed by atoms with van der Waals surface area (Å²) in [4.78, 5) is 42.1. The Hall–Kier alpha value is -3.26. The lowest BCUT2D eigenvalue weighted by Crippen LogP contribution is -2.47. The van der Waals surface area contributed by atoms with Gasteiger partial charge in [0.1, 0.15) is 5.75 Å². The maximum absolute atomic E-state index is 12.4. The molecule has 2 heterocycles. The number of Topliss-reactive ketones (excluding diaryl/α,β-unsaturated/α-hetero) is 1. The highest BCUT2D eigenvalue weighted by molar-refractivity contribution is 6.41. The summed E-state index contributed by atoms with van der Waals surface area (Å²) in [7, 11) is 0. The van der Waals surface area contributed by atoms with Crippen LogP contribution in [0.3, 0.4) is 0 Å². The number of nitrogens with zero attached hydrogens (tertiary/aromatic N) is 2. The molecule has 0 fully saturated rings. The minimum absolute atomic E-state index is 0.0253. The Kier molecular flexibility index (Phi) is 5.18. The molecule has 27 heavy (non-hydrogen) atoms. The van der Waals surface area contributed by atoms with Gasteiger partial charge in [-0.1, -0.05) is 18.2 Å². The molecule has 0 bridgehead atoms. The van der Waals surface area contributed by atoms with Gasteiger partial charge in [0.15, 0.2) is 0 Å². The summed E-state index contributed by atoms with van der Waals surface area (Å²) in [5, 5.41) is 22.0. The number of hydrogen-bond donors (Lipinski definition) is 3. The minimum atomic E-state index is -2.07. The molecular formula is C19H19N3O5. The molecule has 140 valence electrons. The molecule has 8 heteroatoms. The fourth-order valence-electron chi connectivity index (χ4n) is 2.91. The number of phenols is 1. The van der Waals surface area contributed by atoms with Crippen molar-refractivity contribution < 1.29 is 24.6 Å². The van der Waals surface area contributed by atoms with Crippen LogP contribution < -0.4 is 5.32 Å². The first-order valence-corrected chi connectivity index (χ1v) is 8.40. The van der Waals surface area contributed by atoms with Crippen LogP contribution in [0.15, 0.2) is 42.6 Å². The summed E-state index contributed by atoms with van der Waals surface area (Å²) in [6.07, 6.45) is -0.472. The van der Waals surface area contributed by atoms with Gasteiger partial charge in [-0.05, 0) is 36.2 Å². The third kappa shape index (κ3) is 3.95. The number of carbonyl (C=O) groups excluding carboxylic acids is 3. The topological polar surface area (TPSA) is 120 Å². The van der Waals surface area contributed by atoms with Crippen LogP contribution in [0.25, 0.3) is 0 Å². The number of carbonyl (C=O) groups is 3. The predicted molar refractivity (Wildman–Crippen MR) is 94.2 cm³/mol. The van der Waals surface area contributed by atoms with E-state index >= 15 is 0 Å².